The minimum Gasteiger partial charge on any atom is -0.461 e. The van der Waals surface area contributed by atoms with Crippen molar-refractivity contribution < 1.29 is 18.7 Å². The lowest BCUT2D eigenvalue weighted by atomic mass is 10.0. The Morgan fingerprint density at radius 3 is 2.96 bits per heavy atom. The monoisotopic (exact) mass is 375 g/mol. The third-order valence-corrected chi connectivity index (χ3v) is 4.90. The van der Waals surface area contributed by atoms with Gasteiger partial charge in [-0.2, -0.15) is 0 Å². The predicted octanol–water partition coefficient (Wildman–Crippen LogP) is 3.54. The Hall–Kier alpha value is -2.41. The van der Waals surface area contributed by atoms with Crippen LogP contribution >= 0.6 is 0 Å². The second-order valence-corrected chi connectivity index (χ2v) is 7.13. The molecule has 2 N–H and O–H groups in total. The van der Waals surface area contributed by atoms with Gasteiger partial charge in [0.15, 0.2) is 0 Å². The van der Waals surface area contributed by atoms with Crippen LogP contribution in [0.3, 0.4) is 0 Å². The summed E-state index contributed by atoms with van der Waals surface area (Å²) in [5.41, 5.74) is 0.983. The summed E-state index contributed by atoms with van der Waals surface area (Å²) >= 11 is 0. The number of nitrogens with one attached hydrogen (secondary N) is 2. The number of fused-ring (bicyclic) bond motifs is 1. The number of anilines is 1. The molecule has 0 bridgehead atoms. The van der Waals surface area contributed by atoms with E-state index in [1.807, 2.05) is 0 Å². The molecule has 1 aliphatic rings. The highest BCUT2D eigenvalue weighted by atomic mass is 19.1. The summed E-state index contributed by atoms with van der Waals surface area (Å²) in [5.74, 6) is -0.568. The highest BCUT2D eigenvalue weighted by Gasteiger charge is 2.22. The number of hydrogen-bond donors (Lipinski definition) is 2. The summed E-state index contributed by atoms with van der Waals surface area (Å²) < 4.78 is 18.7. The van der Waals surface area contributed by atoms with Crippen molar-refractivity contribution in [2.75, 3.05) is 31.6 Å². The SMILES string of the molecule is CCOC(=O)c1[nH]c2ccc(F)cc2c1NC(=O)CCN1CCCC(C)C1. The lowest BCUT2D eigenvalue weighted by Gasteiger charge is -2.30. The number of aromatic amines is 1. The van der Waals surface area contributed by atoms with Crippen molar-refractivity contribution >= 4 is 28.5 Å². The van der Waals surface area contributed by atoms with Crippen molar-refractivity contribution in [3.05, 3.63) is 29.7 Å². The number of rotatable bonds is 6. The van der Waals surface area contributed by atoms with E-state index in [0.717, 1.165) is 19.5 Å². The van der Waals surface area contributed by atoms with Crippen LogP contribution in [0.4, 0.5) is 10.1 Å². The quantitative estimate of drug-likeness (QED) is 0.758. The zero-order valence-electron chi connectivity index (χ0n) is 15.8. The molecule has 1 fully saturated rings. The Morgan fingerprint density at radius 2 is 2.22 bits per heavy atom. The summed E-state index contributed by atoms with van der Waals surface area (Å²) in [6.07, 6.45) is 2.70. The molecule has 7 heteroatoms. The van der Waals surface area contributed by atoms with E-state index >= 15 is 0 Å². The van der Waals surface area contributed by atoms with Gasteiger partial charge in [0.2, 0.25) is 5.91 Å². The largest absolute Gasteiger partial charge is 0.461 e. The second-order valence-electron chi connectivity index (χ2n) is 7.13. The molecule has 0 aliphatic carbocycles. The van der Waals surface area contributed by atoms with Gasteiger partial charge in [0.25, 0.3) is 0 Å². The zero-order chi connectivity index (χ0) is 19.4. The van der Waals surface area contributed by atoms with Gasteiger partial charge in [0, 0.05) is 30.4 Å². The highest BCUT2D eigenvalue weighted by molar-refractivity contribution is 6.11. The molecule has 1 unspecified atom stereocenters. The van der Waals surface area contributed by atoms with Crippen molar-refractivity contribution in [1.82, 2.24) is 9.88 Å². The Labute approximate surface area is 158 Å². The van der Waals surface area contributed by atoms with Crippen LogP contribution < -0.4 is 5.32 Å². The predicted molar refractivity (Wildman–Crippen MR) is 102 cm³/mol. The topological polar surface area (TPSA) is 74.4 Å². The van der Waals surface area contributed by atoms with E-state index in [1.54, 1.807) is 6.92 Å². The van der Waals surface area contributed by atoms with Crippen molar-refractivity contribution in [3.8, 4) is 0 Å². The smallest absolute Gasteiger partial charge is 0.356 e. The van der Waals surface area contributed by atoms with Crippen molar-refractivity contribution in [1.29, 1.82) is 0 Å². The van der Waals surface area contributed by atoms with Gasteiger partial charge < -0.3 is 19.9 Å². The van der Waals surface area contributed by atoms with E-state index < -0.39 is 11.8 Å². The first-order valence-corrected chi connectivity index (χ1v) is 9.48. The number of H-pyrrole nitrogens is 1. The first kappa shape index (κ1) is 19.4. The lowest BCUT2D eigenvalue weighted by molar-refractivity contribution is -0.116. The molecule has 1 aromatic heterocycles. The molecular weight excluding hydrogens is 349 g/mol. The maximum Gasteiger partial charge on any atom is 0.356 e. The molecule has 27 heavy (non-hydrogen) atoms. The van der Waals surface area contributed by atoms with E-state index in [1.165, 1.54) is 24.6 Å². The van der Waals surface area contributed by atoms with Crippen LogP contribution in [0, 0.1) is 11.7 Å². The number of piperidine rings is 1. The Balaban J connectivity index is 1.75. The number of aromatic nitrogens is 1. The Morgan fingerprint density at radius 1 is 1.41 bits per heavy atom. The summed E-state index contributed by atoms with van der Waals surface area (Å²) in [6, 6.07) is 4.14. The van der Waals surface area contributed by atoms with Crippen LogP contribution in [0.2, 0.25) is 0 Å². The molecule has 1 amide bonds. The van der Waals surface area contributed by atoms with Gasteiger partial charge in [-0.3, -0.25) is 4.79 Å². The van der Waals surface area contributed by atoms with Gasteiger partial charge >= 0.3 is 5.97 Å². The van der Waals surface area contributed by atoms with Crippen LogP contribution in [0.25, 0.3) is 10.9 Å². The van der Waals surface area contributed by atoms with Gasteiger partial charge in [-0.1, -0.05) is 6.92 Å². The molecule has 1 saturated heterocycles. The van der Waals surface area contributed by atoms with E-state index in [-0.39, 0.29) is 23.9 Å². The average Bonchev–Trinajstić information content (AvgIpc) is 2.98. The van der Waals surface area contributed by atoms with Crippen LogP contribution in [0.15, 0.2) is 18.2 Å². The molecule has 6 nitrogen and oxygen atoms in total. The maximum atomic E-state index is 13.7. The molecule has 1 aliphatic heterocycles. The number of nitrogens with zero attached hydrogens (tertiary/aromatic N) is 1. The molecule has 146 valence electrons. The molecular formula is C20H26FN3O3. The number of likely N-dealkylation sites (tertiary alicyclic amines) is 1. The number of halogens is 1. The molecule has 3 rings (SSSR count). The fourth-order valence-electron chi connectivity index (χ4n) is 3.60. The van der Waals surface area contributed by atoms with Gasteiger partial charge in [0.1, 0.15) is 11.5 Å². The Kier molecular flexibility index (Phi) is 6.11. The number of benzene rings is 1. The van der Waals surface area contributed by atoms with E-state index in [9.17, 15) is 14.0 Å². The molecule has 0 spiro atoms. The maximum absolute atomic E-state index is 13.7. The van der Waals surface area contributed by atoms with Crippen LogP contribution in [-0.2, 0) is 9.53 Å². The minimum absolute atomic E-state index is 0.136. The lowest BCUT2D eigenvalue weighted by Crippen LogP contribution is -2.36. The fourth-order valence-corrected chi connectivity index (χ4v) is 3.60. The Bertz CT molecular complexity index is 833. The van der Waals surface area contributed by atoms with E-state index in [4.69, 9.17) is 4.74 Å². The van der Waals surface area contributed by atoms with E-state index in [2.05, 4.69) is 22.1 Å². The number of ether oxygens (including phenoxy) is 1. The molecule has 0 saturated carbocycles. The van der Waals surface area contributed by atoms with Crippen molar-refractivity contribution in [2.45, 2.75) is 33.1 Å². The van der Waals surface area contributed by atoms with Gasteiger partial charge in [-0.05, 0) is 50.4 Å². The third-order valence-electron chi connectivity index (χ3n) is 4.90. The average molecular weight is 375 g/mol. The number of hydrogen-bond acceptors (Lipinski definition) is 4. The van der Waals surface area contributed by atoms with Crippen LogP contribution in [-0.4, -0.2) is 48.0 Å². The summed E-state index contributed by atoms with van der Waals surface area (Å²) in [5, 5.41) is 3.24. The van der Waals surface area contributed by atoms with Gasteiger partial charge in [-0.15, -0.1) is 0 Å². The van der Waals surface area contributed by atoms with E-state index in [0.29, 0.717) is 29.8 Å². The third kappa shape index (κ3) is 4.66. The molecule has 1 aromatic carbocycles. The summed E-state index contributed by atoms with van der Waals surface area (Å²) in [7, 11) is 0. The summed E-state index contributed by atoms with van der Waals surface area (Å²) in [4.78, 5) is 29.9. The fraction of sp³-hybridized carbons (Fsp3) is 0.500. The van der Waals surface area contributed by atoms with Gasteiger partial charge in [0.05, 0.1) is 12.3 Å². The van der Waals surface area contributed by atoms with Crippen molar-refractivity contribution in [3.63, 3.8) is 0 Å². The number of carbonyl (C=O) groups excluding carboxylic acids is 2. The number of carbonyl (C=O) groups is 2. The highest BCUT2D eigenvalue weighted by Crippen LogP contribution is 2.29. The molecule has 2 heterocycles. The molecule has 1 atom stereocenters. The van der Waals surface area contributed by atoms with Crippen LogP contribution in [0.5, 0.6) is 0 Å². The van der Waals surface area contributed by atoms with Gasteiger partial charge in [-0.25, -0.2) is 9.18 Å². The molecule has 0 radical (unpaired) electrons. The minimum atomic E-state index is -0.575. The first-order valence-electron chi connectivity index (χ1n) is 9.48. The van der Waals surface area contributed by atoms with Crippen LogP contribution in [0.1, 0.15) is 43.6 Å². The van der Waals surface area contributed by atoms with Crippen molar-refractivity contribution in [2.24, 2.45) is 5.92 Å². The normalized spacial score (nSPS) is 17.8. The standard InChI is InChI=1S/C20H26FN3O3/c1-3-27-20(26)19-18(15-11-14(21)6-7-16(15)22-19)23-17(25)8-10-24-9-4-5-13(2)12-24/h6-7,11,13,22H,3-5,8-10,12H2,1-2H3,(H,23,25). The summed E-state index contributed by atoms with van der Waals surface area (Å²) in [6.45, 7) is 6.81. The number of esters is 1. The second kappa shape index (κ2) is 8.52. The number of amides is 1. The first-order chi connectivity index (χ1) is 13.0. The zero-order valence-corrected chi connectivity index (χ0v) is 15.8. The molecule has 2 aromatic rings.